The zero-order chi connectivity index (χ0) is 18.7. The van der Waals surface area contributed by atoms with E-state index in [0.717, 1.165) is 4.88 Å². The number of thiophene rings is 2. The molecule has 0 radical (unpaired) electrons. The molecule has 2 aromatic heterocycles. The smallest absolute Gasteiger partial charge is 0.251 e. The lowest BCUT2D eigenvalue weighted by Gasteiger charge is -2.19. The molecule has 0 saturated carbocycles. The van der Waals surface area contributed by atoms with Gasteiger partial charge in [-0.25, -0.2) is 0 Å². The van der Waals surface area contributed by atoms with Crippen molar-refractivity contribution >= 4 is 34.4 Å². The van der Waals surface area contributed by atoms with Gasteiger partial charge in [-0.2, -0.15) is 11.3 Å². The Hall–Kier alpha value is -2.24. The summed E-state index contributed by atoms with van der Waals surface area (Å²) < 4.78 is 0. The molecule has 1 N–H and O–H groups in total. The van der Waals surface area contributed by atoms with E-state index in [0.29, 0.717) is 22.5 Å². The lowest BCUT2D eigenvalue weighted by Crippen LogP contribution is -2.22. The van der Waals surface area contributed by atoms with Crippen LogP contribution < -0.4 is 5.32 Å². The summed E-state index contributed by atoms with van der Waals surface area (Å²) in [5, 5.41) is 6.67. The van der Waals surface area contributed by atoms with E-state index in [4.69, 9.17) is 0 Å². The number of ketones is 1. The number of rotatable bonds is 5. The fourth-order valence-corrected chi connectivity index (χ4v) is 4.07. The summed E-state index contributed by atoms with van der Waals surface area (Å²) >= 11 is 2.93. The van der Waals surface area contributed by atoms with Crippen molar-refractivity contribution in [1.29, 1.82) is 0 Å². The average molecular weight is 384 g/mol. The number of nitrogens with one attached hydrogen (secondary N) is 1. The Labute approximate surface area is 161 Å². The van der Waals surface area contributed by atoms with Gasteiger partial charge in [0.2, 0.25) is 5.78 Å². The van der Waals surface area contributed by atoms with Crippen LogP contribution in [0.25, 0.3) is 0 Å². The minimum Gasteiger partial charge on any atom is -0.347 e. The zero-order valence-electron chi connectivity index (χ0n) is 15.0. The van der Waals surface area contributed by atoms with Gasteiger partial charge in [0.15, 0.2) is 0 Å². The van der Waals surface area contributed by atoms with Gasteiger partial charge in [0.05, 0.1) is 11.4 Å². The molecule has 3 aromatic rings. The maximum absolute atomic E-state index is 12.3. The summed E-state index contributed by atoms with van der Waals surface area (Å²) in [4.78, 5) is 26.3. The normalized spacial score (nSPS) is 11.3. The molecule has 0 unspecified atom stereocenters. The fourth-order valence-electron chi connectivity index (χ4n) is 2.52. The van der Waals surface area contributed by atoms with Crippen molar-refractivity contribution in [3.8, 4) is 0 Å². The van der Waals surface area contributed by atoms with Crippen molar-refractivity contribution in [2.45, 2.75) is 32.7 Å². The molecule has 26 heavy (non-hydrogen) atoms. The number of hydrogen-bond acceptors (Lipinski definition) is 4. The third-order valence-corrected chi connectivity index (χ3v) is 5.87. The first-order valence-corrected chi connectivity index (χ1v) is 10.1. The van der Waals surface area contributed by atoms with E-state index < -0.39 is 0 Å². The minimum absolute atomic E-state index is 0.0339. The van der Waals surface area contributed by atoms with Gasteiger partial charge in [-0.1, -0.05) is 32.9 Å². The second-order valence-corrected chi connectivity index (χ2v) is 9.07. The van der Waals surface area contributed by atoms with Crippen LogP contribution in [0.1, 0.15) is 56.8 Å². The zero-order valence-corrected chi connectivity index (χ0v) is 16.7. The fraction of sp³-hybridized carbons (Fsp3) is 0.238. The molecule has 0 bridgehead atoms. The van der Waals surface area contributed by atoms with E-state index in [1.54, 1.807) is 0 Å². The van der Waals surface area contributed by atoms with Crippen LogP contribution in [0.4, 0.5) is 0 Å². The third-order valence-electron chi connectivity index (χ3n) is 4.11. The SMILES string of the molecule is CC(C)(C)c1ccc(C(=O)NCc2ccc(C(=O)c3ccsc3)s2)cc1. The standard InChI is InChI=1S/C21H21NO2S2/c1-21(2,3)16-6-4-14(5-7-16)20(24)22-12-17-8-9-18(26-17)19(23)15-10-11-25-13-15/h4-11,13H,12H2,1-3H3,(H,22,24). The number of benzene rings is 1. The molecule has 0 saturated heterocycles. The Bertz CT molecular complexity index is 900. The van der Waals surface area contributed by atoms with Crippen molar-refractivity contribution in [1.82, 2.24) is 5.32 Å². The number of carbonyl (C=O) groups excluding carboxylic acids is 2. The van der Waals surface area contributed by atoms with Crippen molar-refractivity contribution in [3.05, 3.63) is 79.7 Å². The van der Waals surface area contributed by atoms with Gasteiger partial charge < -0.3 is 5.32 Å². The van der Waals surface area contributed by atoms with Gasteiger partial charge >= 0.3 is 0 Å². The highest BCUT2D eigenvalue weighted by Gasteiger charge is 2.15. The Balaban J connectivity index is 1.61. The van der Waals surface area contributed by atoms with E-state index in [9.17, 15) is 9.59 Å². The Kier molecular flexibility index (Phi) is 5.39. The number of carbonyl (C=O) groups is 2. The molecule has 3 rings (SSSR count). The molecule has 0 aliphatic carbocycles. The first-order valence-electron chi connectivity index (χ1n) is 8.39. The molecule has 134 valence electrons. The summed E-state index contributed by atoms with van der Waals surface area (Å²) in [6.07, 6.45) is 0. The molecule has 0 aliphatic rings. The predicted molar refractivity (Wildman–Crippen MR) is 108 cm³/mol. The summed E-state index contributed by atoms with van der Waals surface area (Å²) in [6, 6.07) is 13.3. The van der Waals surface area contributed by atoms with Crippen LogP contribution in [0.5, 0.6) is 0 Å². The molecule has 5 heteroatoms. The third kappa shape index (κ3) is 4.29. The lowest BCUT2D eigenvalue weighted by molar-refractivity contribution is 0.0950. The van der Waals surface area contributed by atoms with Gasteiger partial charge in [-0.05, 0) is 46.7 Å². The molecule has 0 spiro atoms. The van der Waals surface area contributed by atoms with Crippen molar-refractivity contribution in [3.63, 3.8) is 0 Å². The maximum Gasteiger partial charge on any atom is 0.251 e. The topological polar surface area (TPSA) is 46.2 Å². The van der Waals surface area contributed by atoms with Crippen LogP contribution in [0.3, 0.4) is 0 Å². The highest BCUT2D eigenvalue weighted by Crippen LogP contribution is 2.23. The maximum atomic E-state index is 12.3. The van der Waals surface area contributed by atoms with Crippen LogP contribution in [0, 0.1) is 0 Å². The first-order chi connectivity index (χ1) is 12.3. The second kappa shape index (κ2) is 7.56. The molecule has 0 fully saturated rings. The Morgan fingerprint density at radius 2 is 1.69 bits per heavy atom. The summed E-state index contributed by atoms with van der Waals surface area (Å²) in [5.74, 6) is -0.0730. The van der Waals surface area contributed by atoms with Crippen LogP contribution in [0.15, 0.2) is 53.2 Å². The van der Waals surface area contributed by atoms with E-state index in [-0.39, 0.29) is 17.1 Å². The quantitative estimate of drug-likeness (QED) is 0.610. The Morgan fingerprint density at radius 3 is 2.31 bits per heavy atom. The van der Waals surface area contributed by atoms with Gasteiger partial charge in [0, 0.05) is 21.4 Å². The summed E-state index contributed by atoms with van der Waals surface area (Å²) in [6.45, 7) is 6.86. The summed E-state index contributed by atoms with van der Waals surface area (Å²) in [7, 11) is 0. The van der Waals surface area contributed by atoms with Crippen LogP contribution in [-0.4, -0.2) is 11.7 Å². The molecule has 2 heterocycles. The van der Waals surface area contributed by atoms with Gasteiger partial charge in [-0.15, -0.1) is 11.3 Å². The lowest BCUT2D eigenvalue weighted by atomic mass is 9.87. The van der Waals surface area contributed by atoms with Crippen LogP contribution in [-0.2, 0) is 12.0 Å². The monoisotopic (exact) mass is 383 g/mol. The van der Waals surface area contributed by atoms with Crippen molar-refractivity contribution in [2.24, 2.45) is 0 Å². The van der Waals surface area contributed by atoms with Crippen LogP contribution >= 0.6 is 22.7 Å². The van der Waals surface area contributed by atoms with Crippen molar-refractivity contribution < 1.29 is 9.59 Å². The highest BCUT2D eigenvalue weighted by atomic mass is 32.1. The first kappa shape index (κ1) is 18.5. The summed E-state index contributed by atoms with van der Waals surface area (Å²) in [5.41, 5.74) is 2.62. The highest BCUT2D eigenvalue weighted by molar-refractivity contribution is 7.14. The van der Waals surface area contributed by atoms with E-state index >= 15 is 0 Å². The predicted octanol–water partition coefficient (Wildman–Crippen LogP) is 5.27. The van der Waals surface area contributed by atoms with Gasteiger partial charge in [0.25, 0.3) is 5.91 Å². The van der Waals surface area contributed by atoms with E-state index in [1.165, 1.54) is 28.2 Å². The molecule has 3 nitrogen and oxygen atoms in total. The second-order valence-electron chi connectivity index (χ2n) is 7.12. The minimum atomic E-state index is -0.107. The number of amides is 1. The molecular formula is C21H21NO2S2. The molecule has 1 aromatic carbocycles. The van der Waals surface area contributed by atoms with E-state index in [1.807, 2.05) is 53.2 Å². The average Bonchev–Trinajstić information content (AvgIpc) is 3.30. The molecule has 1 amide bonds. The number of hydrogen-bond donors (Lipinski definition) is 1. The molecule has 0 aliphatic heterocycles. The van der Waals surface area contributed by atoms with Crippen molar-refractivity contribution in [2.75, 3.05) is 0 Å². The Morgan fingerprint density at radius 1 is 0.962 bits per heavy atom. The van der Waals surface area contributed by atoms with Gasteiger partial charge in [0.1, 0.15) is 0 Å². The largest absolute Gasteiger partial charge is 0.347 e. The van der Waals surface area contributed by atoms with Gasteiger partial charge in [-0.3, -0.25) is 9.59 Å². The van der Waals surface area contributed by atoms with Crippen LogP contribution in [0.2, 0.25) is 0 Å². The molecular weight excluding hydrogens is 362 g/mol. The molecule has 0 atom stereocenters. The van der Waals surface area contributed by atoms with E-state index in [2.05, 4.69) is 26.1 Å².